The van der Waals surface area contributed by atoms with Crippen LogP contribution >= 0.6 is 0 Å². The fraction of sp³-hybridized carbons (Fsp3) is 0.407. The molecule has 1 spiro atoms. The van der Waals surface area contributed by atoms with Gasteiger partial charge in [0.05, 0.1) is 10.6 Å². The number of halogens is 1. The lowest BCUT2D eigenvalue weighted by molar-refractivity contribution is -0.140. The number of anilines is 1. The Bertz CT molecular complexity index is 1490. The van der Waals surface area contributed by atoms with Gasteiger partial charge in [0.2, 0.25) is 5.91 Å². The molecular weight excluding hydrogens is 541 g/mol. The molecule has 2 aliphatic heterocycles. The summed E-state index contributed by atoms with van der Waals surface area (Å²) in [5, 5.41) is 7.61. The number of rotatable bonds is 8. The number of hydrogen-bond acceptors (Lipinski definition) is 6. The molecule has 0 aromatic heterocycles. The summed E-state index contributed by atoms with van der Waals surface area (Å²) in [4.78, 5) is 54.3. The molecule has 1 saturated heterocycles. The molecule has 3 N–H and O–H groups in total. The number of nitrogens with one attached hydrogen (secondary N) is 3. The summed E-state index contributed by atoms with van der Waals surface area (Å²) >= 11 is 0. The molecule has 2 aromatic rings. The van der Waals surface area contributed by atoms with Crippen LogP contribution < -0.4 is 16.0 Å². The van der Waals surface area contributed by atoms with Crippen LogP contribution in [0.1, 0.15) is 37.8 Å². The Hall–Kier alpha value is -4.00. The number of carbonyl (C=O) groups is 4. The molecule has 5 rings (SSSR count). The predicted molar refractivity (Wildman–Crippen MR) is 142 cm³/mol. The Morgan fingerprint density at radius 1 is 1.18 bits per heavy atom. The van der Waals surface area contributed by atoms with E-state index in [-0.39, 0.29) is 34.7 Å². The van der Waals surface area contributed by atoms with Crippen molar-refractivity contribution >= 4 is 39.4 Å². The van der Waals surface area contributed by atoms with Gasteiger partial charge in [0.15, 0.2) is 15.4 Å². The fourth-order valence-electron chi connectivity index (χ4n) is 5.34. The van der Waals surface area contributed by atoms with Gasteiger partial charge in [-0.3, -0.25) is 14.5 Å². The number of hydrogen-bond donors (Lipinski definition) is 3. The highest BCUT2D eigenvalue weighted by molar-refractivity contribution is 7.92. The molecule has 1 aliphatic carbocycles. The van der Waals surface area contributed by atoms with E-state index in [9.17, 15) is 32.0 Å². The molecular formula is C27H30FN5O6S. The molecule has 1 saturated carbocycles. The minimum atomic E-state index is -4.01. The summed E-state index contributed by atoms with van der Waals surface area (Å²) in [6.07, 6.45) is 1.90. The molecule has 13 heteroatoms. The zero-order valence-electron chi connectivity index (χ0n) is 22.1. The van der Waals surface area contributed by atoms with Crippen molar-refractivity contribution in [2.75, 3.05) is 24.2 Å². The van der Waals surface area contributed by atoms with Crippen LogP contribution in [-0.4, -0.2) is 67.0 Å². The van der Waals surface area contributed by atoms with Gasteiger partial charge in [0.25, 0.3) is 5.91 Å². The summed E-state index contributed by atoms with van der Waals surface area (Å²) in [7, 11) is -4.01. The van der Waals surface area contributed by atoms with Crippen molar-refractivity contribution < 1.29 is 32.0 Å². The van der Waals surface area contributed by atoms with Crippen molar-refractivity contribution in [3.8, 4) is 0 Å². The van der Waals surface area contributed by atoms with Gasteiger partial charge in [-0.15, -0.1) is 0 Å². The second kappa shape index (κ2) is 10.2. The predicted octanol–water partition coefficient (Wildman–Crippen LogP) is 2.33. The maximum absolute atomic E-state index is 13.7. The Kier molecular flexibility index (Phi) is 7.02. The van der Waals surface area contributed by atoms with Crippen LogP contribution in [0.3, 0.4) is 0 Å². The average Bonchev–Trinajstić information content (AvgIpc) is 3.69. The molecule has 3 aliphatic rings. The van der Waals surface area contributed by atoms with E-state index in [2.05, 4.69) is 16.0 Å². The first-order valence-corrected chi connectivity index (χ1v) is 14.7. The van der Waals surface area contributed by atoms with E-state index in [1.54, 1.807) is 24.0 Å². The van der Waals surface area contributed by atoms with Crippen LogP contribution in [0.15, 0.2) is 47.4 Å². The second-order valence-electron chi connectivity index (χ2n) is 10.4. The summed E-state index contributed by atoms with van der Waals surface area (Å²) in [6, 6.07) is 8.29. The summed E-state index contributed by atoms with van der Waals surface area (Å²) in [6.45, 7) is 3.60. The normalized spacial score (nSPS) is 21.6. The zero-order chi connectivity index (χ0) is 28.8. The Morgan fingerprint density at radius 2 is 1.88 bits per heavy atom. The highest BCUT2D eigenvalue weighted by Gasteiger charge is 2.60. The number of fused-ring (bicyclic) bond motifs is 2. The molecule has 0 bridgehead atoms. The molecule has 2 fully saturated rings. The highest BCUT2D eigenvalue weighted by atomic mass is 32.2. The second-order valence-corrected chi connectivity index (χ2v) is 12.4. The number of amides is 6. The van der Waals surface area contributed by atoms with E-state index in [4.69, 9.17) is 0 Å². The van der Waals surface area contributed by atoms with Crippen molar-refractivity contribution in [1.82, 2.24) is 20.4 Å². The monoisotopic (exact) mass is 571 g/mol. The number of carbonyl (C=O) groups excluding carboxylic acids is 4. The number of imide groups is 1. The van der Waals surface area contributed by atoms with Crippen LogP contribution in [0.2, 0.25) is 0 Å². The number of sulfone groups is 1. The first-order valence-electron chi connectivity index (χ1n) is 13.1. The lowest BCUT2D eigenvalue weighted by Gasteiger charge is -2.31. The van der Waals surface area contributed by atoms with Gasteiger partial charge in [0.1, 0.15) is 12.4 Å². The molecule has 2 unspecified atom stereocenters. The van der Waals surface area contributed by atoms with Gasteiger partial charge in [0, 0.05) is 30.4 Å². The highest BCUT2D eigenvalue weighted by Crippen LogP contribution is 2.43. The standard InChI is InChI=1S/C27H30FN5O6S/c1-3-29-25(36)30-20-10-11-21-22(12-20)40(38,39)15-27(21)24(35)33(26(37)31-27)14-23(34)32(16(2)18-6-7-18)13-17-4-8-19(28)9-5-17/h4-5,8-12,16,18H,3,6-7,13-15H2,1-2H3,(H,31,37)(H2,29,30,36). The molecule has 0 radical (unpaired) electrons. The molecule has 2 heterocycles. The van der Waals surface area contributed by atoms with Crippen LogP contribution in [-0.2, 0) is 31.5 Å². The van der Waals surface area contributed by atoms with E-state index in [0.29, 0.717) is 12.1 Å². The van der Waals surface area contributed by atoms with Gasteiger partial charge >= 0.3 is 12.1 Å². The van der Waals surface area contributed by atoms with Gasteiger partial charge in [-0.25, -0.2) is 22.4 Å². The minimum absolute atomic E-state index is 0.0803. The lowest BCUT2D eigenvalue weighted by Crippen LogP contribution is -2.48. The summed E-state index contributed by atoms with van der Waals surface area (Å²) in [5.74, 6) is -2.13. The third-order valence-electron chi connectivity index (χ3n) is 7.63. The first kappa shape index (κ1) is 27.6. The SMILES string of the molecule is CCNC(=O)Nc1ccc2c(c1)S(=O)(=O)CC21NC(=O)N(CC(=O)N(Cc2ccc(F)cc2)C(C)C2CC2)C1=O. The van der Waals surface area contributed by atoms with Crippen LogP contribution in [0.4, 0.5) is 19.7 Å². The number of urea groups is 2. The van der Waals surface area contributed by atoms with E-state index in [1.165, 1.54) is 30.3 Å². The molecule has 2 aromatic carbocycles. The lowest BCUT2D eigenvalue weighted by atomic mass is 9.92. The van der Waals surface area contributed by atoms with Gasteiger partial charge in [-0.1, -0.05) is 18.2 Å². The molecule has 11 nitrogen and oxygen atoms in total. The van der Waals surface area contributed by atoms with Crippen LogP contribution in [0.5, 0.6) is 0 Å². The Labute approximate surface area is 231 Å². The van der Waals surface area contributed by atoms with Crippen molar-refractivity contribution in [2.45, 2.75) is 49.7 Å². The topological polar surface area (TPSA) is 145 Å². The third-order valence-corrected chi connectivity index (χ3v) is 9.45. The van der Waals surface area contributed by atoms with Crippen molar-refractivity contribution in [3.63, 3.8) is 0 Å². The third kappa shape index (κ3) is 5.01. The fourth-order valence-corrected chi connectivity index (χ4v) is 7.30. The van der Waals surface area contributed by atoms with Crippen molar-refractivity contribution in [2.24, 2.45) is 5.92 Å². The van der Waals surface area contributed by atoms with Gasteiger partial charge in [-0.2, -0.15) is 0 Å². The van der Waals surface area contributed by atoms with E-state index in [0.717, 1.165) is 17.7 Å². The Balaban J connectivity index is 1.39. The van der Waals surface area contributed by atoms with Crippen molar-refractivity contribution in [1.29, 1.82) is 0 Å². The molecule has 6 amide bonds. The summed E-state index contributed by atoms with van der Waals surface area (Å²) < 4.78 is 39.6. The molecule has 2 atom stereocenters. The van der Waals surface area contributed by atoms with E-state index < -0.39 is 57.4 Å². The molecule has 40 heavy (non-hydrogen) atoms. The van der Waals surface area contributed by atoms with Gasteiger partial charge in [-0.05, 0) is 62.4 Å². The first-order chi connectivity index (χ1) is 18.9. The van der Waals surface area contributed by atoms with E-state index in [1.807, 2.05) is 6.92 Å². The largest absolute Gasteiger partial charge is 0.338 e. The molecule has 212 valence electrons. The zero-order valence-corrected chi connectivity index (χ0v) is 22.9. The average molecular weight is 572 g/mol. The summed E-state index contributed by atoms with van der Waals surface area (Å²) in [5.41, 5.74) is -0.889. The maximum Gasteiger partial charge on any atom is 0.325 e. The maximum atomic E-state index is 13.7. The van der Waals surface area contributed by atoms with Gasteiger partial charge < -0.3 is 20.9 Å². The number of benzene rings is 2. The minimum Gasteiger partial charge on any atom is -0.338 e. The van der Waals surface area contributed by atoms with Crippen LogP contribution in [0.25, 0.3) is 0 Å². The Morgan fingerprint density at radius 3 is 2.52 bits per heavy atom. The smallest absolute Gasteiger partial charge is 0.325 e. The number of nitrogens with zero attached hydrogens (tertiary/aromatic N) is 2. The van der Waals surface area contributed by atoms with E-state index >= 15 is 0 Å². The van der Waals surface area contributed by atoms with Crippen molar-refractivity contribution in [3.05, 3.63) is 59.4 Å². The van der Waals surface area contributed by atoms with Crippen LogP contribution in [0, 0.1) is 11.7 Å². The quantitative estimate of drug-likeness (QED) is 0.415.